The number of aldehydes is 1. The predicted molar refractivity (Wildman–Crippen MR) is 44.2 cm³/mol. The molecule has 1 saturated heterocycles. The summed E-state index contributed by atoms with van der Waals surface area (Å²) in [5, 5.41) is 1.72. The van der Waals surface area contributed by atoms with Crippen LogP contribution in [0, 0.1) is 0 Å². The van der Waals surface area contributed by atoms with Gasteiger partial charge in [-0.15, -0.1) is 0 Å². The van der Waals surface area contributed by atoms with Gasteiger partial charge < -0.3 is 4.79 Å². The summed E-state index contributed by atoms with van der Waals surface area (Å²) in [6.07, 6.45) is 3.19. The molecule has 68 valence electrons. The summed E-state index contributed by atoms with van der Waals surface area (Å²) in [5.41, 5.74) is 2.69. The van der Waals surface area contributed by atoms with Crippen LogP contribution in [0.4, 0.5) is 0 Å². The van der Waals surface area contributed by atoms with Crippen LogP contribution >= 0.6 is 0 Å². The van der Waals surface area contributed by atoms with E-state index in [2.05, 4.69) is 5.43 Å². The third-order valence-electron chi connectivity index (χ3n) is 2.05. The maximum absolute atomic E-state index is 11.0. The number of hydrogen-bond acceptors (Lipinski definition) is 3. The quantitative estimate of drug-likeness (QED) is 0.611. The molecule has 0 aliphatic carbocycles. The van der Waals surface area contributed by atoms with Crippen molar-refractivity contribution in [3.8, 4) is 0 Å². The third-order valence-corrected chi connectivity index (χ3v) is 2.05. The molecule has 0 spiro atoms. The minimum Gasteiger partial charge on any atom is -0.302 e. The summed E-state index contributed by atoms with van der Waals surface area (Å²) in [7, 11) is 0. The lowest BCUT2D eigenvalue weighted by Crippen LogP contribution is -2.45. The lowest BCUT2D eigenvalue weighted by molar-refractivity contribution is -0.127. The number of nitrogens with zero attached hydrogens (tertiary/aromatic N) is 1. The van der Waals surface area contributed by atoms with Crippen molar-refractivity contribution in [1.29, 1.82) is 0 Å². The Morgan fingerprint density at radius 2 is 2.50 bits per heavy atom. The second kappa shape index (κ2) is 4.21. The Balaban J connectivity index is 2.40. The van der Waals surface area contributed by atoms with Crippen molar-refractivity contribution in [1.82, 2.24) is 10.4 Å². The van der Waals surface area contributed by atoms with Crippen molar-refractivity contribution in [2.24, 2.45) is 0 Å². The molecule has 4 heteroatoms. The van der Waals surface area contributed by atoms with Gasteiger partial charge in [-0.2, -0.15) is 0 Å². The van der Waals surface area contributed by atoms with Crippen LogP contribution in [0.1, 0.15) is 26.2 Å². The maximum atomic E-state index is 11.0. The van der Waals surface area contributed by atoms with Crippen LogP contribution in [0.25, 0.3) is 0 Å². The molecule has 0 saturated carbocycles. The van der Waals surface area contributed by atoms with Gasteiger partial charge in [0.05, 0.1) is 6.04 Å². The van der Waals surface area contributed by atoms with E-state index in [4.69, 9.17) is 0 Å². The molecule has 0 radical (unpaired) electrons. The highest BCUT2D eigenvalue weighted by molar-refractivity contribution is 5.75. The summed E-state index contributed by atoms with van der Waals surface area (Å²) < 4.78 is 0. The number of rotatable bonds is 3. The van der Waals surface area contributed by atoms with E-state index in [-0.39, 0.29) is 11.9 Å². The first-order valence-electron chi connectivity index (χ1n) is 4.29. The summed E-state index contributed by atoms with van der Waals surface area (Å²) in [6, 6.07) is -0.111. The smallest absolute Gasteiger partial charge is 0.234 e. The van der Waals surface area contributed by atoms with Gasteiger partial charge in [0.1, 0.15) is 6.29 Å². The van der Waals surface area contributed by atoms with Crippen LogP contribution in [0.3, 0.4) is 0 Å². The van der Waals surface area contributed by atoms with E-state index in [1.807, 2.05) is 0 Å². The van der Waals surface area contributed by atoms with Gasteiger partial charge in [0.2, 0.25) is 5.91 Å². The van der Waals surface area contributed by atoms with Crippen LogP contribution in [-0.4, -0.2) is 29.8 Å². The lowest BCUT2D eigenvalue weighted by atomic mass is 10.2. The first-order valence-corrected chi connectivity index (χ1v) is 4.29. The van der Waals surface area contributed by atoms with Crippen molar-refractivity contribution in [3.05, 3.63) is 0 Å². The van der Waals surface area contributed by atoms with Crippen molar-refractivity contribution in [2.45, 2.75) is 32.2 Å². The molecule has 1 rings (SSSR count). The summed E-state index contributed by atoms with van der Waals surface area (Å²) >= 11 is 0. The Morgan fingerprint density at radius 3 is 3.08 bits per heavy atom. The normalized spacial score (nSPS) is 23.9. The zero-order chi connectivity index (χ0) is 8.97. The molecule has 1 aliphatic heterocycles. The number of carbonyl (C=O) groups excluding carboxylic acids is 2. The molecule has 0 aromatic carbocycles. The van der Waals surface area contributed by atoms with Crippen LogP contribution in [0.5, 0.6) is 0 Å². The Morgan fingerprint density at radius 1 is 1.75 bits per heavy atom. The van der Waals surface area contributed by atoms with E-state index in [1.54, 1.807) is 11.9 Å². The highest BCUT2D eigenvalue weighted by atomic mass is 16.2. The largest absolute Gasteiger partial charge is 0.302 e. The molecular formula is C8H14N2O2. The van der Waals surface area contributed by atoms with Crippen molar-refractivity contribution in [2.75, 3.05) is 6.54 Å². The van der Waals surface area contributed by atoms with Gasteiger partial charge in [-0.25, -0.2) is 5.01 Å². The number of nitrogens with one attached hydrogen (secondary N) is 1. The average molecular weight is 170 g/mol. The number of hydrogen-bond donors (Lipinski definition) is 1. The van der Waals surface area contributed by atoms with Crippen LogP contribution in [0.2, 0.25) is 0 Å². The van der Waals surface area contributed by atoms with E-state index >= 15 is 0 Å². The predicted octanol–water partition coefficient (Wildman–Crippen LogP) is 0.0909. The highest BCUT2D eigenvalue weighted by Gasteiger charge is 2.24. The van der Waals surface area contributed by atoms with Gasteiger partial charge in [-0.05, 0) is 12.8 Å². The molecule has 1 amide bonds. The summed E-state index contributed by atoms with van der Waals surface area (Å²) in [6.45, 7) is 2.58. The molecule has 0 unspecified atom stereocenters. The molecule has 1 aliphatic rings. The minimum atomic E-state index is -0.111. The van der Waals surface area contributed by atoms with E-state index in [9.17, 15) is 9.59 Å². The monoisotopic (exact) mass is 170 g/mol. The van der Waals surface area contributed by atoms with Crippen molar-refractivity contribution < 1.29 is 9.59 Å². The maximum Gasteiger partial charge on any atom is 0.234 e. The second-order valence-electron chi connectivity index (χ2n) is 2.93. The van der Waals surface area contributed by atoms with Crippen LogP contribution in [-0.2, 0) is 9.59 Å². The fourth-order valence-electron chi connectivity index (χ4n) is 1.31. The average Bonchev–Trinajstić information content (AvgIpc) is 2.51. The van der Waals surface area contributed by atoms with Gasteiger partial charge in [-0.1, -0.05) is 6.92 Å². The second-order valence-corrected chi connectivity index (χ2v) is 2.93. The van der Waals surface area contributed by atoms with E-state index in [1.165, 1.54) is 0 Å². The Kier molecular flexibility index (Phi) is 3.22. The Hall–Kier alpha value is -0.900. The van der Waals surface area contributed by atoms with Crippen molar-refractivity contribution in [3.63, 3.8) is 0 Å². The lowest BCUT2D eigenvalue weighted by Gasteiger charge is -2.20. The fraction of sp³-hybridized carbons (Fsp3) is 0.750. The molecular weight excluding hydrogens is 156 g/mol. The first-order chi connectivity index (χ1) is 5.77. The topological polar surface area (TPSA) is 49.4 Å². The molecule has 0 aromatic rings. The third kappa shape index (κ3) is 2.04. The fourth-order valence-corrected chi connectivity index (χ4v) is 1.31. The highest BCUT2D eigenvalue weighted by Crippen LogP contribution is 2.12. The van der Waals surface area contributed by atoms with Crippen molar-refractivity contribution >= 4 is 12.2 Å². The molecule has 4 nitrogen and oxygen atoms in total. The van der Waals surface area contributed by atoms with Gasteiger partial charge in [-0.3, -0.25) is 10.2 Å². The molecule has 0 bridgehead atoms. The van der Waals surface area contributed by atoms with Gasteiger partial charge >= 0.3 is 0 Å². The Bertz CT molecular complexity index is 182. The summed E-state index contributed by atoms with van der Waals surface area (Å²) in [5.74, 6) is -0.0243. The van der Waals surface area contributed by atoms with Crippen LogP contribution < -0.4 is 5.43 Å². The van der Waals surface area contributed by atoms with E-state index < -0.39 is 0 Å². The molecule has 1 fully saturated rings. The molecule has 12 heavy (non-hydrogen) atoms. The summed E-state index contributed by atoms with van der Waals surface area (Å²) in [4.78, 5) is 21.5. The van der Waals surface area contributed by atoms with Gasteiger partial charge in [0, 0.05) is 13.0 Å². The number of amides is 1. The van der Waals surface area contributed by atoms with Gasteiger partial charge in [0.25, 0.3) is 0 Å². The first kappa shape index (κ1) is 9.19. The van der Waals surface area contributed by atoms with E-state index in [0.717, 1.165) is 25.7 Å². The zero-order valence-electron chi connectivity index (χ0n) is 7.25. The van der Waals surface area contributed by atoms with Crippen LogP contribution in [0.15, 0.2) is 0 Å². The standard InChI is InChI=1S/C8H14N2O2/c1-2-8(12)9-10-5-3-4-7(10)6-11/h6-7H,2-5H2,1H3,(H,9,12)/t7-/m0/s1. The Labute approximate surface area is 71.9 Å². The number of hydrazine groups is 1. The molecule has 0 aromatic heterocycles. The SMILES string of the molecule is CCC(=O)NN1CCC[C@H]1C=O. The van der Waals surface area contributed by atoms with E-state index in [0.29, 0.717) is 6.42 Å². The van der Waals surface area contributed by atoms with Gasteiger partial charge in [0.15, 0.2) is 0 Å². The zero-order valence-corrected chi connectivity index (χ0v) is 7.25. The minimum absolute atomic E-state index is 0.0243. The number of carbonyl (C=O) groups is 2. The molecule has 1 heterocycles. The molecule has 1 atom stereocenters. The molecule has 1 N–H and O–H groups in total.